The van der Waals surface area contributed by atoms with E-state index in [4.69, 9.17) is 9.47 Å². The van der Waals surface area contributed by atoms with Crippen molar-refractivity contribution in [1.82, 2.24) is 5.32 Å². The smallest absolute Gasteiger partial charge is 0.167 e. The van der Waals surface area contributed by atoms with E-state index in [-0.39, 0.29) is 11.9 Å². The van der Waals surface area contributed by atoms with E-state index in [1.807, 2.05) is 6.92 Å². The lowest BCUT2D eigenvalue weighted by molar-refractivity contribution is 0.181. The molecular formula is C13H20FNO2. The Kier molecular flexibility index (Phi) is 5.94. The summed E-state index contributed by atoms with van der Waals surface area (Å²) in [6.07, 6.45) is -0.0804. The SMILES string of the molecule is COCCNCC(C)Oc1cccc(C)c1F. The second-order valence-corrected chi connectivity index (χ2v) is 4.01. The molecule has 96 valence electrons. The maximum Gasteiger partial charge on any atom is 0.167 e. The van der Waals surface area contributed by atoms with Crippen molar-refractivity contribution >= 4 is 0 Å². The third kappa shape index (κ3) is 4.71. The molecular weight excluding hydrogens is 221 g/mol. The quantitative estimate of drug-likeness (QED) is 0.742. The Bertz CT molecular complexity index is 344. The number of halogens is 1. The van der Waals surface area contributed by atoms with Crippen molar-refractivity contribution in [3.05, 3.63) is 29.6 Å². The molecule has 1 N–H and O–H groups in total. The molecule has 0 aliphatic heterocycles. The monoisotopic (exact) mass is 241 g/mol. The molecule has 4 heteroatoms. The van der Waals surface area contributed by atoms with Gasteiger partial charge in [-0.1, -0.05) is 12.1 Å². The Morgan fingerprint density at radius 2 is 2.18 bits per heavy atom. The first-order chi connectivity index (χ1) is 8.15. The molecule has 0 saturated carbocycles. The Labute approximate surface area is 102 Å². The molecule has 1 rings (SSSR count). The van der Waals surface area contributed by atoms with Crippen molar-refractivity contribution in [2.45, 2.75) is 20.0 Å². The summed E-state index contributed by atoms with van der Waals surface area (Å²) in [5.41, 5.74) is 0.599. The van der Waals surface area contributed by atoms with Gasteiger partial charge >= 0.3 is 0 Å². The van der Waals surface area contributed by atoms with E-state index in [1.165, 1.54) is 0 Å². The maximum atomic E-state index is 13.6. The maximum absolute atomic E-state index is 13.6. The summed E-state index contributed by atoms with van der Waals surface area (Å²) < 4.78 is 24.1. The van der Waals surface area contributed by atoms with Crippen LogP contribution in [0.3, 0.4) is 0 Å². The van der Waals surface area contributed by atoms with Crippen molar-refractivity contribution in [2.75, 3.05) is 26.8 Å². The molecule has 0 aliphatic rings. The molecule has 1 atom stereocenters. The van der Waals surface area contributed by atoms with Crippen molar-refractivity contribution in [3.63, 3.8) is 0 Å². The molecule has 1 unspecified atom stereocenters. The summed E-state index contributed by atoms with van der Waals surface area (Å²) in [6.45, 7) is 5.72. The highest BCUT2D eigenvalue weighted by Gasteiger charge is 2.09. The van der Waals surface area contributed by atoms with E-state index >= 15 is 0 Å². The van der Waals surface area contributed by atoms with Gasteiger partial charge in [-0.05, 0) is 25.5 Å². The van der Waals surface area contributed by atoms with Gasteiger partial charge < -0.3 is 14.8 Å². The lowest BCUT2D eigenvalue weighted by Crippen LogP contribution is -2.31. The molecule has 0 fully saturated rings. The number of hydrogen-bond acceptors (Lipinski definition) is 3. The average Bonchev–Trinajstić information content (AvgIpc) is 2.31. The highest BCUT2D eigenvalue weighted by Crippen LogP contribution is 2.20. The first-order valence-corrected chi connectivity index (χ1v) is 5.76. The second kappa shape index (κ2) is 7.25. The minimum absolute atomic E-state index is 0.0804. The highest BCUT2D eigenvalue weighted by molar-refractivity contribution is 5.30. The molecule has 1 aromatic rings. The van der Waals surface area contributed by atoms with Crippen LogP contribution in [-0.4, -0.2) is 32.9 Å². The third-order valence-corrected chi connectivity index (χ3v) is 2.40. The van der Waals surface area contributed by atoms with Gasteiger partial charge in [0, 0.05) is 20.2 Å². The largest absolute Gasteiger partial charge is 0.486 e. The van der Waals surface area contributed by atoms with Crippen LogP contribution < -0.4 is 10.1 Å². The molecule has 0 saturated heterocycles. The van der Waals surface area contributed by atoms with Crippen LogP contribution in [0.1, 0.15) is 12.5 Å². The van der Waals surface area contributed by atoms with E-state index in [9.17, 15) is 4.39 Å². The fourth-order valence-electron chi connectivity index (χ4n) is 1.45. The summed E-state index contributed by atoms with van der Waals surface area (Å²) >= 11 is 0. The summed E-state index contributed by atoms with van der Waals surface area (Å²) in [6, 6.07) is 5.16. The number of rotatable bonds is 7. The number of nitrogens with one attached hydrogen (secondary N) is 1. The van der Waals surface area contributed by atoms with Crippen LogP contribution in [0.25, 0.3) is 0 Å². The lowest BCUT2D eigenvalue weighted by atomic mass is 10.2. The molecule has 17 heavy (non-hydrogen) atoms. The summed E-state index contributed by atoms with van der Waals surface area (Å²) in [4.78, 5) is 0. The predicted molar refractivity (Wildman–Crippen MR) is 66.0 cm³/mol. The van der Waals surface area contributed by atoms with Gasteiger partial charge in [0.05, 0.1) is 6.61 Å². The highest BCUT2D eigenvalue weighted by atomic mass is 19.1. The van der Waals surface area contributed by atoms with E-state index in [1.54, 1.807) is 32.2 Å². The van der Waals surface area contributed by atoms with Crippen molar-refractivity contribution < 1.29 is 13.9 Å². The minimum Gasteiger partial charge on any atom is -0.486 e. The summed E-state index contributed by atoms with van der Waals surface area (Å²) in [7, 11) is 1.66. The zero-order valence-corrected chi connectivity index (χ0v) is 10.6. The molecule has 0 radical (unpaired) electrons. The molecule has 0 heterocycles. The lowest BCUT2D eigenvalue weighted by Gasteiger charge is -2.16. The molecule has 3 nitrogen and oxygen atoms in total. The van der Waals surface area contributed by atoms with Crippen molar-refractivity contribution in [1.29, 1.82) is 0 Å². The van der Waals surface area contributed by atoms with Crippen LogP contribution in [0, 0.1) is 12.7 Å². The van der Waals surface area contributed by atoms with E-state index in [2.05, 4.69) is 5.32 Å². The molecule has 0 bridgehead atoms. The van der Waals surface area contributed by atoms with Crippen molar-refractivity contribution in [2.24, 2.45) is 0 Å². The number of methoxy groups -OCH3 is 1. The Balaban J connectivity index is 2.39. The zero-order valence-electron chi connectivity index (χ0n) is 10.6. The first kappa shape index (κ1) is 13.9. The number of benzene rings is 1. The Morgan fingerprint density at radius 1 is 1.41 bits per heavy atom. The molecule has 0 amide bonds. The Hall–Kier alpha value is -1.13. The zero-order chi connectivity index (χ0) is 12.7. The van der Waals surface area contributed by atoms with E-state index in [0.717, 1.165) is 6.54 Å². The second-order valence-electron chi connectivity index (χ2n) is 4.01. The third-order valence-electron chi connectivity index (χ3n) is 2.40. The number of aryl methyl sites for hydroxylation is 1. The topological polar surface area (TPSA) is 30.5 Å². The van der Waals surface area contributed by atoms with Crippen molar-refractivity contribution in [3.8, 4) is 5.75 Å². The van der Waals surface area contributed by atoms with Gasteiger partial charge in [-0.2, -0.15) is 0 Å². The average molecular weight is 241 g/mol. The van der Waals surface area contributed by atoms with Crippen LogP contribution in [0.2, 0.25) is 0 Å². The predicted octanol–water partition coefficient (Wildman–Crippen LogP) is 2.14. The van der Waals surface area contributed by atoms with E-state index < -0.39 is 0 Å². The van der Waals surface area contributed by atoms with Crippen LogP contribution in [0.4, 0.5) is 4.39 Å². The summed E-state index contributed by atoms with van der Waals surface area (Å²) in [5, 5.41) is 3.17. The van der Waals surface area contributed by atoms with Gasteiger partial charge in [-0.25, -0.2) is 4.39 Å². The van der Waals surface area contributed by atoms with Gasteiger partial charge in [0.2, 0.25) is 0 Å². The number of ether oxygens (including phenoxy) is 2. The van der Waals surface area contributed by atoms with Gasteiger partial charge in [-0.15, -0.1) is 0 Å². The number of hydrogen-bond donors (Lipinski definition) is 1. The summed E-state index contributed by atoms with van der Waals surface area (Å²) in [5.74, 6) is 0.0299. The Morgan fingerprint density at radius 3 is 2.88 bits per heavy atom. The van der Waals surface area contributed by atoms with Gasteiger partial charge in [-0.3, -0.25) is 0 Å². The molecule has 1 aromatic carbocycles. The van der Waals surface area contributed by atoms with Gasteiger partial charge in [0.1, 0.15) is 6.10 Å². The van der Waals surface area contributed by atoms with Crippen LogP contribution in [0.5, 0.6) is 5.75 Å². The van der Waals surface area contributed by atoms with E-state index in [0.29, 0.717) is 24.5 Å². The first-order valence-electron chi connectivity index (χ1n) is 5.76. The standard InChI is InChI=1S/C13H20FNO2/c1-10-5-4-6-12(13(10)14)17-11(2)9-15-7-8-16-3/h4-6,11,15H,7-9H2,1-3H3. The van der Waals surface area contributed by atoms with Gasteiger partial charge in [0.15, 0.2) is 11.6 Å². The fraction of sp³-hybridized carbons (Fsp3) is 0.538. The van der Waals surface area contributed by atoms with Gasteiger partial charge in [0.25, 0.3) is 0 Å². The van der Waals surface area contributed by atoms with Crippen LogP contribution in [-0.2, 0) is 4.74 Å². The van der Waals surface area contributed by atoms with Crippen LogP contribution >= 0.6 is 0 Å². The molecule has 0 spiro atoms. The molecule has 0 aromatic heterocycles. The normalized spacial score (nSPS) is 12.5. The van der Waals surface area contributed by atoms with Crippen LogP contribution in [0.15, 0.2) is 18.2 Å². The minimum atomic E-state index is -0.281. The molecule has 0 aliphatic carbocycles. The fourth-order valence-corrected chi connectivity index (χ4v) is 1.45.